The fourth-order valence-corrected chi connectivity index (χ4v) is 2.98. The predicted molar refractivity (Wildman–Crippen MR) is 86.8 cm³/mol. The molecule has 0 heterocycles. The third kappa shape index (κ3) is 3.44. The number of alkyl halides is 2. The van der Waals surface area contributed by atoms with Crippen molar-refractivity contribution < 1.29 is 23.8 Å². The molecule has 0 saturated heterocycles. The summed E-state index contributed by atoms with van der Waals surface area (Å²) in [7, 11) is 0. The van der Waals surface area contributed by atoms with Crippen LogP contribution in [-0.2, 0) is 4.79 Å². The highest BCUT2D eigenvalue weighted by Crippen LogP contribution is 2.44. The molecule has 3 N–H and O–H groups in total. The molecule has 1 aliphatic carbocycles. The average molecular weight is 341 g/mol. The topological polar surface area (TPSA) is 69.6 Å². The molecule has 134 valence electrons. The van der Waals surface area contributed by atoms with Crippen molar-refractivity contribution in [2.75, 3.05) is 13.2 Å². The molecule has 24 heavy (non-hydrogen) atoms. The minimum Gasteiger partial charge on any atom is -0.396 e. The smallest absolute Gasteiger partial charge is 0.352 e. The number of nitrogens with one attached hydrogen (secondary N) is 1. The molecule has 1 fully saturated rings. The standard InChI is InChI=1S/C18H25F2NO3/c1-16(2,12-22)14(13-7-4-3-5-8-13)11-21-15(23)18(19,20)17(24)9-6-10-17/h3-5,7-8,14,22,24H,6,9-12H2,1-2H3,(H,21,23). The van der Waals surface area contributed by atoms with E-state index in [0.29, 0.717) is 6.42 Å². The molecule has 1 saturated carbocycles. The van der Waals surface area contributed by atoms with Gasteiger partial charge in [0.1, 0.15) is 5.60 Å². The summed E-state index contributed by atoms with van der Waals surface area (Å²) in [5.74, 6) is -5.60. The van der Waals surface area contributed by atoms with Gasteiger partial charge in [0.15, 0.2) is 0 Å². The predicted octanol–water partition coefficient (Wildman–Crippen LogP) is 2.46. The maximum absolute atomic E-state index is 14.2. The highest BCUT2D eigenvalue weighted by Gasteiger charge is 2.61. The summed E-state index contributed by atoms with van der Waals surface area (Å²) < 4.78 is 28.3. The Morgan fingerprint density at radius 2 is 1.88 bits per heavy atom. The van der Waals surface area contributed by atoms with Crippen molar-refractivity contribution in [1.29, 1.82) is 0 Å². The number of hydrogen-bond donors (Lipinski definition) is 3. The minimum atomic E-state index is -3.81. The number of aliphatic hydroxyl groups excluding tert-OH is 1. The van der Waals surface area contributed by atoms with Gasteiger partial charge >= 0.3 is 5.92 Å². The number of amides is 1. The first-order valence-electron chi connectivity index (χ1n) is 8.18. The van der Waals surface area contributed by atoms with Gasteiger partial charge in [0, 0.05) is 19.1 Å². The molecular weight excluding hydrogens is 316 g/mol. The van der Waals surface area contributed by atoms with Crippen molar-refractivity contribution in [2.24, 2.45) is 5.41 Å². The maximum atomic E-state index is 14.2. The first-order chi connectivity index (χ1) is 11.1. The van der Waals surface area contributed by atoms with Crippen LogP contribution in [0.25, 0.3) is 0 Å². The Morgan fingerprint density at radius 3 is 2.33 bits per heavy atom. The largest absolute Gasteiger partial charge is 0.396 e. The Labute approximate surface area is 140 Å². The Bertz CT molecular complexity index is 571. The van der Waals surface area contributed by atoms with Gasteiger partial charge in [-0.15, -0.1) is 0 Å². The van der Waals surface area contributed by atoms with Crippen LogP contribution in [0.5, 0.6) is 0 Å². The fourth-order valence-electron chi connectivity index (χ4n) is 2.98. The lowest BCUT2D eigenvalue weighted by Crippen LogP contribution is -2.61. The molecule has 1 amide bonds. The molecule has 0 spiro atoms. The van der Waals surface area contributed by atoms with Gasteiger partial charge < -0.3 is 15.5 Å². The summed E-state index contributed by atoms with van der Waals surface area (Å²) in [6.45, 7) is 3.44. The number of halogens is 2. The van der Waals surface area contributed by atoms with Crippen LogP contribution in [0.15, 0.2) is 30.3 Å². The monoisotopic (exact) mass is 341 g/mol. The molecule has 1 aromatic carbocycles. The van der Waals surface area contributed by atoms with E-state index < -0.39 is 22.8 Å². The number of aliphatic hydroxyl groups is 2. The Balaban J connectivity index is 2.12. The van der Waals surface area contributed by atoms with Crippen LogP contribution in [0.1, 0.15) is 44.6 Å². The third-order valence-corrected chi connectivity index (χ3v) is 5.07. The molecule has 1 aliphatic rings. The molecule has 4 nitrogen and oxygen atoms in total. The van der Waals surface area contributed by atoms with Crippen molar-refractivity contribution >= 4 is 5.91 Å². The van der Waals surface area contributed by atoms with E-state index in [4.69, 9.17) is 0 Å². The van der Waals surface area contributed by atoms with Crippen molar-refractivity contribution in [3.63, 3.8) is 0 Å². The summed E-state index contributed by atoms with van der Waals surface area (Å²) in [6, 6.07) is 9.16. The lowest BCUT2D eigenvalue weighted by Gasteiger charge is -2.42. The normalized spacial score (nSPS) is 18.6. The van der Waals surface area contributed by atoms with E-state index in [2.05, 4.69) is 5.32 Å². The number of rotatable bonds is 7. The van der Waals surface area contributed by atoms with Crippen LogP contribution in [0, 0.1) is 5.41 Å². The molecule has 1 unspecified atom stereocenters. The fraction of sp³-hybridized carbons (Fsp3) is 0.611. The highest BCUT2D eigenvalue weighted by atomic mass is 19.3. The van der Waals surface area contributed by atoms with E-state index >= 15 is 0 Å². The van der Waals surface area contributed by atoms with E-state index in [1.165, 1.54) is 0 Å². The third-order valence-electron chi connectivity index (χ3n) is 5.07. The highest BCUT2D eigenvalue weighted by molar-refractivity contribution is 5.85. The zero-order valence-corrected chi connectivity index (χ0v) is 14.1. The summed E-state index contributed by atoms with van der Waals surface area (Å²) in [5, 5.41) is 21.7. The van der Waals surface area contributed by atoms with E-state index in [9.17, 15) is 23.8 Å². The zero-order valence-electron chi connectivity index (χ0n) is 14.1. The van der Waals surface area contributed by atoms with Crippen LogP contribution in [0.2, 0.25) is 0 Å². The lowest BCUT2D eigenvalue weighted by molar-refractivity contribution is -0.216. The molecule has 1 atom stereocenters. The van der Waals surface area contributed by atoms with Crippen molar-refractivity contribution in [3.05, 3.63) is 35.9 Å². The molecule has 0 bridgehead atoms. The van der Waals surface area contributed by atoms with Crippen molar-refractivity contribution in [1.82, 2.24) is 5.32 Å². The molecule has 2 rings (SSSR count). The molecule has 6 heteroatoms. The van der Waals surface area contributed by atoms with Crippen molar-refractivity contribution in [2.45, 2.75) is 50.6 Å². The number of hydrogen-bond acceptors (Lipinski definition) is 3. The first kappa shape index (κ1) is 18.8. The van der Waals surface area contributed by atoms with E-state index in [1.807, 2.05) is 44.2 Å². The summed E-state index contributed by atoms with van der Waals surface area (Å²) >= 11 is 0. The number of benzene rings is 1. The SMILES string of the molecule is CC(C)(CO)C(CNC(=O)C(F)(F)C1(O)CCC1)c1ccccc1. The number of carbonyl (C=O) groups is 1. The average Bonchev–Trinajstić information content (AvgIpc) is 2.53. The van der Waals surface area contributed by atoms with E-state index in [0.717, 1.165) is 5.56 Å². The van der Waals surface area contributed by atoms with Gasteiger partial charge in [-0.05, 0) is 30.2 Å². The van der Waals surface area contributed by atoms with Gasteiger partial charge in [-0.2, -0.15) is 8.78 Å². The lowest BCUT2D eigenvalue weighted by atomic mass is 9.74. The van der Waals surface area contributed by atoms with Gasteiger partial charge in [0.05, 0.1) is 0 Å². The maximum Gasteiger partial charge on any atom is 0.352 e. The molecule has 0 aromatic heterocycles. The van der Waals surface area contributed by atoms with Gasteiger partial charge in [0.25, 0.3) is 5.91 Å². The minimum absolute atomic E-state index is 0.0396. The van der Waals surface area contributed by atoms with E-state index in [1.54, 1.807) is 0 Å². The Kier molecular flexibility index (Phi) is 5.30. The summed E-state index contributed by atoms with van der Waals surface area (Å²) in [4.78, 5) is 12.0. The molecule has 0 radical (unpaired) electrons. The first-order valence-corrected chi connectivity index (χ1v) is 8.18. The number of carbonyl (C=O) groups excluding carboxylic acids is 1. The zero-order chi connectivity index (χ0) is 18.0. The van der Waals surface area contributed by atoms with Gasteiger partial charge in [-0.1, -0.05) is 44.2 Å². The second-order valence-corrected chi connectivity index (χ2v) is 7.28. The van der Waals surface area contributed by atoms with Crippen LogP contribution in [0.4, 0.5) is 8.78 Å². The van der Waals surface area contributed by atoms with Gasteiger partial charge in [-0.25, -0.2) is 0 Å². The second kappa shape index (κ2) is 6.76. The van der Waals surface area contributed by atoms with Crippen LogP contribution in [-0.4, -0.2) is 40.8 Å². The van der Waals surface area contributed by atoms with Gasteiger partial charge in [-0.3, -0.25) is 4.79 Å². The second-order valence-electron chi connectivity index (χ2n) is 7.28. The molecular formula is C18H25F2NO3. The van der Waals surface area contributed by atoms with Crippen LogP contribution < -0.4 is 5.32 Å². The van der Waals surface area contributed by atoms with Crippen LogP contribution >= 0.6 is 0 Å². The van der Waals surface area contributed by atoms with Crippen LogP contribution in [0.3, 0.4) is 0 Å². The van der Waals surface area contributed by atoms with E-state index in [-0.39, 0.29) is 31.9 Å². The quantitative estimate of drug-likeness (QED) is 0.713. The Hall–Kier alpha value is -1.53. The summed E-state index contributed by atoms with van der Waals surface area (Å²) in [6.07, 6.45) is 0.346. The van der Waals surface area contributed by atoms with Gasteiger partial charge in [0.2, 0.25) is 0 Å². The molecule has 0 aliphatic heterocycles. The Morgan fingerprint density at radius 1 is 1.29 bits per heavy atom. The van der Waals surface area contributed by atoms with Crippen molar-refractivity contribution in [3.8, 4) is 0 Å². The molecule has 1 aromatic rings. The summed E-state index contributed by atoms with van der Waals surface area (Å²) in [5.41, 5.74) is -1.98.